The molecule has 1 atom stereocenters. The molecule has 1 saturated heterocycles. The molecule has 1 unspecified atom stereocenters. The van der Waals surface area contributed by atoms with Gasteiger partial charge < -0.3 is 16.0 Å². The Hall–Kier alpha value is -2.44. The highest BCUT2D eigenvalue weighted by atomic mass is 35.5. The molecule has 2 aromatic rings. The zero-order chi connectivity index (χ0) is 18.5. The van der Waals surface area contributed by atoms with Crippen LogP contribution in [0.3, 0.4) is 0 Å². The summed E-state index contributed by atoms with van der Waals surface area (Å²) in [6.07, 6.45) is 0.155. The molecule has 1 aliphatic heterocycles. The minimum Gasteiger partial charge on any atom is -0.326 e. The number of nitrogens with one attached hydrogen (secondary N) is 3. The number of hydrogen-bond donors (Lipinski definition) is 3. The maximum atomic E-state index is 14.0. The Labute approximate surface area is 164 Å². The van der Waals surface area contributed by atoms with E-state index in [1.165, 1.54) is 18.2 Å². The van der Waals surface area contributed by atoms with E-state index >= 15 is 0 Å². The van der Waals surface area contributed by atoms with Gasteiger partial charge in [0.2, 0.25) is 11.8 Å². The molecule has 1 aliphatic rings. The fraction of sp³-hybridized carbons (Fsp3) is 0.300. The number of hydrogen-bond acceptors (Lipinski definition) is 3. The number of benzene rings is 2. The Balaban J connectivity index is 0.00000261. The first kappa shape index (κ1) is 20.9. The van der Waals surface area contributed by atoms with Crippen LogP contribution in [0.1, 0.15) is 12.5 Å². The minimum absolute atomic E-state index is 0. The van der Waals surface area contributed by atoms with Crippen molar-refractivity contribution in [3.63, 3.8) is 0 Å². The molecular weight excluding hydrogens is 369 g/mol. The summed E-state index contributed by atoms with van der Waals surface area (Å²) in [5.41, 5.74) is 1.37. The van der Waals surface area contributed by atoms with Gasteiger partial charge in [-0.25, -0.2) is 4.39 Å². The zero-order valence-electron chi connectivity index (χ0n) is 15.0. The van der Waals surface area contributed by atoms with Crippen molar-refractivity contribution in [1.82, 2.24) is 5.32 Å². The summed E-state index contributed by atoms with van der Waals surface area (Å²) >= 11 is 0. The fourth-order valence-electron chi connectivity index (χ4n) is 2.81. The zero-order valence-corrected chi connectivity index (χ0v) is 15.8. The van der Waals surface area contributed by atoms with Crippen LogP contribution in [0.25, 0.3) is 0 Å². The number of anilines is 2. The average Bonchev–Trinajstić information content (AvgIpc) is 2.57. The second kappa shape index (κ2) is 9.48. The summed E-state index contributed by atoms with van der Waals surface area (Å²) < 4.78 is 14.0. The van der Waals surface area contributed by atoms with E-state index in [2.05, 4.69) is 16.0 Å². The van der Waals surface area contributed by atoms with Crippen LogP contribution in [0, 0.1) is 17.7 Å². The molecule has 1 fully saturated rings. The molecule has 0 radical (unpaired) electrons. The second-order valence-electron chi connectivity index (χ2n) is 6.60. The third-order valence-electron chi connectivity index (χ3n) is 4.65. The van der Waals surface area contributed by atoms with Gasteiger partial charge in [-0.2, -0.15) is 0 Å². The topological polar surface area (TPSA) is 70.2 Å². The minimum atomic E-state index is -0.541. The van der Waals surface area contributed by atoms with E-state index in [4.69, 9.17) is 0 Å². The monoisotopic (exact) mass is 391 g/mol. The molecule has 5 nitrogen and oxygen atoms in total. The van der Waals surface area contributed by atoms with Gasteiger partial charge in [-0.3, -0.25) is 9.59 Å². The molecule has 1 heterocycles. The second-order valence-corrected chi connectivity index (χ2v) is 6.60. The van der Waals surface area contributed by atoms with Gasteiger partial charge in [0, 0.05) is 11.6 Å². The standard InChI is InChI=1S/C20H22FN3O2.ClH/c1-13(15-11-22-12-15)20(26)23-16-7-8-17(21)18(10-16)24-19(25)9-14-5-3-2-4-6-14;/h2-8,10,13,15,22H,9,11-12H2,1H3,(H,23,26)(H,24,25);1H. The highest BCUT2D eigenvalue weighted by Gasteiger charge is 2.28. The maximum Gasteiger partial charge on any atom is 0.228 e. The average molecular weight is 392 g/mol. The largest absolute Gasteiger partial charge is 0.326 e. The van der Waals surface area contributed by atoms with Crippen LogP contribution in [0.2, 0.25) is 0 Å². The Kier molecular flexibility index (Phi) is 7.33. The van der Waals surface area contributed by atoms with Crippen molar-refractivity contribution in [2.45, 2.75) is 13.3 Å². The summed E-state index contributed by atoms with van der Waals surface area (Å²) in [4.78, 5) is 24.4. The first-order chi connectivity index (χ1) is 12.5. The van der Waals surface area contributed by atoms with Gasteiger partial charge in [-0.15, -0.1) is 12.4 Å². The molecule has 27 heavy (non-hydrogen) atoms. The highest BCUT2D eigenvalue weighted by Crippen LogP contribution is 2.22. The molecule has 2 amide bonds. The Morgan fingerprint density at radius 2 is 1.85 bits per heavy atom. The molecular formula is C20H23ClFN3O2. The van der Waals surface area contributed by atoms with Crippen LogP contribution in [0.5, 0.6) is 0 Å². The van der Waals surface area contributed by atoms with Crippen molar-refractivity contribution < 1.29 is 14.0 Å². The molecule has 0 aliphatic carbocycles. The molecule has 2 aromatic carbocycles. The van der Waals surface area contributed by atoms with Crippen molar-refractivity contribution in [3.8, 4) is 0 Å². The van der Waals surface area contributed by atoms with E-state index in [-0.39, 0.29) is 42.2 Å². The lowest BCUT2D eigenvalue weighted by Crippen LogP contribution is -2.48. The van der Waals surface area contributed by atoms with Crippen LogP contribution in [0.4, 0.5) is 15.8 Å². The van der Waals surface area contributed by atoms with Gasteiger partial charge in [0.25, 0.3) is 0 Å². The summed E-state index contributed by atoms with van der Waals surface area (Å²) in [5, 5.41) is 8.51. The molecule has 0 spiro atoms. The molecule has 3 N–H and O–H groups in total. The quantitative estimate of drug-likeness (QED) is 0.708. The number of halogens is 2. The van der Waals surface area contributed by atoms with Crippen LogP contribution >= 0.6 is 12.4 Å². The number of carbonyl (C=O) groups is 2. The summed E-state index contributed by atoms with van der Waals surface area (Å²) in [7, 11) is 0. The van der Waals surface area contributed by atoms with Gasteiger partial charge >= 0.3 is 0 Å². The first-order valence-electron chi connectivity index (χ1n) is 8.68. The SMILES string of the molecule is CC(C(=O)Nc1ccc(F)c(NC(=O)Cc2ccccc2)c1)C1CNC1.Cl. The molecule has 144 valence electrons. The van der Waals surface area contributed by atoms with Gasteiger partial charge in [0.05, 0.1) is 12.1 Å². The fourth-order valence-corrected chi connectivity index (χ4v) is 2.81. The third kappa shape index (κ3) is 5.52. The Morgan fingerprint density at radius 3 is 2.48 bits per heavy atom. The molecule has 0 bridgehead atoms. The summed E-state index contributed by atoms with van der Waals surface area (Å²) in [6, 6.07) is 13.4. The predicted octanol–water partition coefficient (Wildman–Crippen LogP) is 3.22. The lowest BCUT2D eigenvalue weighted by molar-refractivity contribution is -0.121. The van der Waals surface area contributed by atoms with E-state index < -0.39 is 5.82 Å². The molecule has 0 saturated carbocycles. The summed E-state index contributed by atoms with van der Waals surface area (Å²) in [5.74, 6) is -0.768. The first-order valence-corrected chi connectivity index (χ1v) is 8.68. The van der Waals surface area contributed by atoms with Crippen LogP contribution in [-0.2, 0) is 16.0 Å². The maximum absolute atomic E-state index is 14.0. The van der Waals surface area contributed by atoms with Crippen LogP contribution < -0.4 is 16.0 Å². The van der Waals surface area contributed by atoms with Gasteiger partial charge in [0.15, 0.2) is 0 Å². The number of rotatable bonds is 6. The van der Waals surface area contributed by atoms with Crippen LogP contribution in [-0.4, -0.2) is 24.9 Å². The Morgan fingerprint density at radius 1 is 1.15 bits per heavy atom. The van der Waals surface area contributed by atoms with E-state index in [9.17, 15) is 14.0 Å². The predicted molar refractivity (Wildman–Crippen MR) is 107 cm³/mol. The lowest BCUT2D eigenvalue weighted by atomic mass is 9.88. The lowest BCUT2D eigenvalue weighted by Gasteiger charge is -2.31. The van der Waals surface area contributed by atoms with Crippen molar-refractivity contribution in [1.29, 1.82) is 0 Å². The highest BCUT2D eigenvalue weighted by molar-refractivity contribution is 5.95. The van der Waals surface area contributed by atoms with Gasteiger partial charge in [-0.1, -0.05) is 37.3 Å². The van der Waals surface area contributed by atoms with Gasteiger partial charge in [-0.05, 0) is 42.8 Å². The van der Waals surface area contributed by atoms with E-state index in [1.54, 1.807) is 0 Å². The van der Waals surface area contributed by atoms with Crippen LogP contribution in [0.15, 0.2) is 48.5 Å². The van der Waals surface area contributed by atoms with E-state index in [0.29, 0.717) is 11.6 Å². The smallest absolute Gasteiger partial charge is 0.228 e. The van der Waals surface area contributed by atoms with Crippen molar-refractivity contribution >= 4 is 35.6 Å². The molecule has 7 heteroatoms. The van der Waals surface area contributed by atoms with Gasteiger partial charge in [0.1, 0.15) is 5.82 Å². The normalized spacial score (nSPS) is 14.4. The molecule has 0 aromatic heterocycles. The number of carbonyl (C=O) groups excluding carboxylic acids is 2. The van der Waals surface area contributed by atoms with Crippen molar-refractivity contribution in [2.24, 2.45) is 11.8 Å². The summed E-state index contributed by atoms with van der Waals surface area (Å²) in [6.45, 7) is 3.55. The van der Waals surface area contributed by atoms with E-state index in [1.807, 2.05) is 37.3 Å². The third-order valence-corrected chi connectivity index (χ3v) is 4.65. The molecule has 3 rings (SSSR count). The van der Waals surface area contributed by atoms with E-state index in [0.717, 1.165) is 18.7 Å². The Bertz CT molecular complexity index is 797. The van der Waals surface area contributed by atoms with Crippen molar-refractivity contribution in [3.05, 3.63) is 59.9 Å². The van der Waals surface area contributed by atoms with Crippen molar-refractivity contribution in [2.75, 3.05) is 23.7 Å². The number of amides is 2.